The Kier molecular flexibility index (Phi) is 5.78. The number of rotatable bonds is 6. The number of hydrogen-bond acceptors (Lipinski definition) is 3. The van der Waals surface area contributed by atoms with E-state index < -0.39 is 0 Å². The number of nitrogens with zero attached hydrogens (tertiary/aromatic N) is 1. The first-order chi connectivity index (χ1) is 13.8. The quantitative estimate of drug-likeness (QED) is 0.780. The summed E-state index contributed by atoms with van der Waals surface area (Å²) in [6.07, 6.45) is 11.4. The maximum Gasteiger partial charge on any atom is 0.124 e. The third-order valence-corrected chi connectivity index (χ3v) is 4.89. The molecule has 0 fully saturated rings. The zero-order valence-corrected chi connectivity index (χ0v) is 15.6. The van der Waals surface area contributed by atoms with Gasteiger partial charge in [0.1, 0.15) is 18.3 Å². The maximum absolute atomic E-state index is 13.3. The van der Waals surface area contributed by atoms with Crippen LogP contribution in [-0.4, -0.2) is 18.5 Å². The van der Waals surface area contributed by atoms with Gasteiger partial charge in [0.05, 0.1) is 18.7 Å². The fourth-order valence-corrected chi connectivity index (χ4v) is 3.55. The van der Waals surface area contributed by atoms with Gasteiger partial charge in [-0.15, -0.1) is 0 Å². The molecule has 2 aromatic rings. The molecule has 0 amide bonds. The van der Waals surface area contributed by atoms with Crippen molar-refractivity contribution in [1.29, 1.82) is 0 Å². The molecule has 28 heavy (non-hydrogen) atoms. The lowest BCUT2D eigenvalue weighted by Crippen LogP contribution is -2.29. The molecule has 1 aliphatic carbocycles. The molecule has 4 rings (SSSR count). The van der Waals surface area contributed by atoms with E-state index in [2.05, 4.69) is 41.8 Å². The Labute approximate surface area is 165 Å². The van der Waals surface area contributed by atoms with Gasteiger partial charge in [0, 0.05) is 0 Å². The first-order valence-corrected chi connectivity index (χ1v) is 9.52. The summed E-state index contributed by atoms with van der Waals surface area (Å²) in [5.74, 6) is 0.580. The average molecular weight is 374 g/mol. The molecule has 2 aromatic carbocycles. The molecule has 0 bridgehead atoms. The van der Waals surface area contributed by atoms with Crippen LogP contribution in [0.15, 0.2) is 95.5 Å². The molecule has 1 N–H and O–H groups in total. The van der Waals surface area contributed by atoms with Crippen molar-refractivity contribution in [3.63, 3.8) is 0 Å². The number of halogens is 1. The first-order valence-electron chi connectivity index (χ1n) is 9.52. The minimum atomic E-state index is -0.247. The zero-order valence-electron chi connectivity index (χ0n) is 15.6. The molecular formula is C24H23FN2O. The lowest BCUT2D eigenvalue weighted by Gasteiger charge is -2.21. The van der Waals surface area contributed by atoms with E-state index in [-0.39, 0.29) is 17.9 Å². The predicted molar refractivity (Wildman–Crippen MR) is 111 cm³/mol. The smallest absolute Gasteiger partial charge is 0.124 e. The number of ether oxygens (including phenoxy) is 1. The third kappa shape index (κ3) is 4.46. The summed E-state index contributed by atoms with van der Waals surface area (Å²) < 4.78 is 19.1. The van der Waals surface area contributed by atoms with E-state index in [1.807, 2.05) is 30.3 Å². The van der Waals surface area contributed by atoms with Crippen molar-refractivity contribution >= 4 is 5.84 Å². The molecule has 0 saturated carbocycles. The van der Waals surface area contributed by atoms with Crippen molar-refractivity contribution < 1.29 is 9.13 Å². The minimum absolute atomic E-state index is 0.0302. The zero-order chi connectivity index (χ0) is 19.2. The Bertz CT molecular complexity index is 931. The van der Waals surface area contributed by atoms with E-state index in [1.54, 1.807) is 6.07 Å². The van der Waals surface area contributed by atoms with E-state index in [0.29, 0.717) is 13.2 Å². The molecule has 0 unspecified atom stereocenters. The second kappa shape index (κ2) is 8.81. The SMILES string of the molecule is Fc1cccc(COCC2=N[C@@H](C3=CC=CC=CC3)[C@@H](c3ccccc3)N2)c1. The Morgan fingerprint density at radius 2 is 1.89 bits per heavy atom. The van der Waals surface area contributed by atoms with Crippen LogP contribution >= 0.6 is 0 Å². The second-order valence-electron chi connectivity index (χ2n) is 6.93. The summed E-state index contributed by atoms with van der Waals surface area (Å²) in [7, 11) is 0. The summed E-state index contributed by atoms with van der Waals surface area (Å²) in [5.41, 5.74) is 3.29. The Morgan fingerprint density at radius 3 is 2.75 bits per heavy atom. The maximum atomic E-state index is 13.3. The average Bonchev–Trinajstić information content (AvgIpc) is 2.95. The lowest BCUT2D eigenvalue weighted by molar-refractivity contribution is 0.156. The fourth-order valence-electron chi connectivity index (χ4n) is 3.55. The van der Waals surface area contributed by atoms with E-state index in [1.165, 1.54) is 23.3 Å². The fraction of sp³-hybridized carbons (Fsp3) is 0.208. The van der Waals surface area contributed by atoms with E-state index in [4.69, 9.17) is 9.73 Å². The second-order valence-corrected chi connectivity index (χ2v) is 6.93. The Balaban J connectivity index is 1.48. The summed E-state index contributed by atoms with van der Waals surface area (Å²) in [6.45, 7) is 0.725. The van der Waals surface area contributed by atoms with Crippen molar-refractivity contribution in [3.05, 3.63) is 107 Å². The van der Waals surface area contributed by atoms with Crippen LogP contribution in [0, 0.1) is 5.82 Å². The van der Waals surface area contributed by atoms with Crippen LogP contribution in [0.2, 0.25) is 0 Å². The van der Waals surface area contributed by atoms with Gasteiger partial charge in [-0.2, -0.15) is 0 Å². The standard InChI is InChI=1S/C24H23FN2O/c25-21-14-8-9-18(15-21)16-28-17-22-26-23(19-10-4-1-2-5-11-19)24(27-22)20-12-6-3-7-13-20/h1-10,12-15,23-24H,11,16-17H2,(H,26,27)/t23-,24+/m0/s1. The summed E-state index contributed by atoms with van der Waals surface area (Å²) in [5, 5.41) is 3.53. The molecule has 3 nitrogen and oxygen atoms in total. The lowest BCUT2D eigenvalue weighted by atomic mass is 9.93. The van der Waals surface area contributed by atoms with Crippen LogP contribution in [-0.2, 0) is 11.3 Å². The largest absolute Gasteiger partial charge is 0.369 e. The molecular weight excluding hydrogens is 351 g/mol. The Morgan fingerprint density at radius 1 is 1.00 bits per heavy atom. The molecule has 142 valence electrons. The van der Waals surface area contributed by atoms with Crippen molar-refractivity contribution in [2.75, 3.05) is 6.61 Å². The van der Waals surface area contributed by atoms with Crippen LogP contribution in [0.25, 0.3) is 0 Å². The van der Waals surface area contributed by atoms with Gasteiger partial charge in [-0.25, -0.2) is 4.39 Å². The molecule has 4 heteroatoms. The number of hydrogen-bond donors (Lipinski definition) is 1. The number of benzene rings is 2. The van der Waals surface area contributed by atoms with Crippen LogP contribution in [0.4, 0.5) is 4.39 Å². The summed E-state index contributed by atoms with van der Waals surface area (Å²) in [6, 6.07) is 17.0. The van der Waals surface area contributed by atoms with Crippen molar-refractivity contribution in [3.8, 4) is 0 Å². The van der Waals surface area contributed by atoms with Gasteiger partial charge in [0.25, 0.3) is 0 Å². The molecule has 1 heterocycles. The van der Waals surface area contributed by atoms with Crippen molar-refractivity contribution in [1.82, 2.24) is 5.32 Å². The molecule has 2 aliphatic rings. The van der Waals surface area contributed by atoms with Crippen molar-refractivity contribution in [2.45, 2.75) is 25.1 Å². The molecule has 2 atom stereocenters. The number of aliphatic imine (C=N–C) groups is 1. The molecule has 1 aliphatic heterocycles. The summed E-state index contributed by atoms with van der Waals surface area (Å²) in [4.78, 5) is 4.93. The molecule has 0 saturated heterocycles. The van der Waals surface area contributed by atoms with Gasteiger partial charge < -0.3 is 10.1 Å². The topological polar surface area (TPSA) is 33.6 Å². The van der Waals surface area contributed by atoms with Gasteiger partial charge in [0.2, 0.25) is 0 Å². The van der Waals surface area contributed by atoms with Gasteiger partial charge in [-0.05, 0) is 35.3 Å². The van der Waals surface area contributed by atoms with E-state index in [0.717, 1.165) is 17.8 Å². The van der Waals surface area contributed by atoms with Gasteiger partial charge in [-0.1, -0.05) is 72.8 Å². The van der Waals surface area contributed by atoms with E-state index in [9.17, 15) is 4.39 Å². The van der Waals surface area contributed by atoms with E-state index >= 15 is 0 Å². The normalized spacial score (nSPS) is 21.0. The number of nitrogens with one attached hydrogen (secondary N) is 1. The van der Waals surface area contributed by atoms with Gasteiger partial charge in [-0.3, -0.25) is 4.99 Å². The van der Waals surface area contributed by atoms with Crippen LogP contribution in [0.1, 0.15) is 23.6 Å². The van der Waals surface area contributed by atoms with Gasteiger partial charge >= 0.3 is 0 Å². The number of amidine groups is 1. The highest BCUT2D eigenvalue weighted by Crippen LogP contribution is 2.31. The first kappa shape index (κ1) is 18.4. The van der Waals surface area contributed by atoms with Crippen LogP contribution in [0.3, 0.4) is 0 Å². The highest BCUT2D eigenvalue weighted by Gasteiger charge is 2.32. The van der Waals surface area contributed by atoms with Crippen molar-refractivity contribution in [2.24, 2.45) is 4.99 Å². The van der Waals surface area contributed by atoms with Crippen LogP contribution < -0.4 is 5.32 Å². The highest BCUT2D eigenvalue weighted by atomic mass is 19.1. The molecule has 0 radical (unpaired) electrons. The third-order valence-electron chi connectivity index (χ3n) is 4.89. The molecule has 0 aromatic heterocycles. The molecule has 0 spiro atoms. The van der Waals surface area contributed by atoms with Crippen LogP contribution in [0.5, 0.6) is 0 Å². The monoisotopic (exact) mass is 374 g/mol. The minimum Gasteiger partial charge on any atom is -0.369 e. The number of allylic oxidation sites excluding steroid dienone is 5. The Hall–Kier alpha value is -2.98. The summed E-state index contributed by atoms with van der Waals surface area (Å²) >= 11 is 0. The highest BCUT2D eigenvalue weighted by molar-refractivity contribution is 5.86. The predicted octanol–water partition coefficient (Wildman–Crippen LogP) is 4.90. The van der Waals surface area contributed by atoms with Gasteiger partial charge in [0.15, 0.2) is 0 Å².